The first-order valence-corrected chi connectivity index (χ1v) is 8.09. The Kier molecular flexibility index (Phi) is 3.76. The third-order valence-corrected chi connectivity index (χ3v) is 5.52. The summed E-state index contributed by atoms with van der Waals surface area (Å²) in [7, 11) is 0. The molecule has 0 radical (unpaired) electrons. The summed E-state index contributed by atoms with van der Waals surface area (Å²) in [5.41, 5.74) is 2.99. The van der Waals surface area contributed by atoms with Crippen LogP contribution in [0, 0.1) is 11.3 Å². The summed E-state index contributed by atoms with van der Waals surface area (Å²) in [6.07, 6.45) is 6.04. The van der Waals surface area contributed by atoms with Crippen molar-refractivity contribution in [3.63, 3.8) is 0 Å². The van der Waals surface area contributed by atoms with Crippen molar-refractivity contribution in [3.05, 3.63) is 29.8 Å². The maximum Gasteiger partial charge on any atom is 0.0504 e. The van der Waals surface area contributed by atoms with Gasteiger partial charge in [0.15, 0.2) is 0 Å². The number of para-hydroxylation sites is 1. The summed E-state index contributed by atoms with van der Waals surface area (Å²) in [6, 6.07) is 9.34. The number of hydrogen-bond donors (Lipinski definition) is 1. The first kappa shape index (κ1) is 13.9. The van der Waals surface area contributed by atoms with Gasteiger partial charge in [0.25, 0.3) is 0 Å². The number of anilines is 1. The Morgan fingerprint density at radius 1 is 1.20 bits per heavy atom. The van der Waals surface area contributed by atoms with Crippen molar-refractivity contribution in [3.8, 4) is 0 Å². The Labute approximate surface area is 122 Å². The monoisotopic (exact) mass is 273 g/mol. The summed E-state index contributed by atoms with van der Waals surface area (Å²) in [5.74, 6) is 0.831. The Hall–Kier alpha value is -1.02. The highest BCUT2D eigenvalue weighted by Crippen LogP contribution is 2.42. The first-order chi connectivity index (χ1) is 9.63. The number of nitrogens with zero attached hydrogens (tertiary/aromatic N) is 1. The van der Waals surface area contributed by atoms with Gasteiger partial charge in [-0.15, -0.1) is 0 Å². The molecule has 0 amide bonds. The van der Waals surface area contributed by atoms with E-state index in [-0.39, 0.29) is 5.41 Å². The van der Waals surface area contributed by atoms with Crippen molar-refractivity contribution in [2.24, 2.45) is 11.3 Å². The second kappa shape index (κ2) is 5.40. The minimum absolute atomic E-state index is 0.123. The average Bonchev–Trinajstić information content (AvgIpc) is 2.78. The molecule has 0 aromatic heterocycles. The molecule has 1 N–H and O–H groups in total. The minimum atomic E-state index is 0.123. The van der Waals surface area contributed by atoms with E-state index < -0.39 is 0 Å². The number of aliphatic hydroxyl groups excluding tert-OH is 1. The fraction of sp³-hybridized carbons (Fsp3) is 0.667. The quantitative estimate of drug-likeness (QED) is 0.909. The molecule has 1 aliphatic carbocycles. The molecule has 2 nitrogen and oxygen atoms in total. The third kappa shape index (κ3) is 2.46. The molecule has 1 fully saturated rings. The fourth-order valence-electron chi connectivity index (χ4n) is 3.97. The zero-order valence-electron chi connectivity index (χ0n) is 12.8. The van der Waals surface area contributed by atoms with E-state index in [0.29, 0.717) is 12.6 Å². The topological polar surface area (TPSA) is 23.5 Å². The van der Waals surface area contributed by atoms with Crippen LogP contribution in [0.1, 0.15) is 45.1 Å². The van der Waals surface area contributed by atoms with E-state index in [1.807, 2.05) is 0 Å². The molecule has 1 saturated carbocycles. The smallest absolute Gasteiger partial charge is 0.0504 e. The van der Waals surface area contributed by atoms with Crippen LogP contribution in [0.25, 0.3) is 0 Å². The first-order valence-electron chi connectivity index (χ1n) is 8.09. The molecule has 110 valence electrons. The molecule has 2 heteroatoms. The van der Waals surface area contributed by atoms with Gasteiger partial charge in [0.1, 0.15) is 0 Å². The Balaban J connectivity index is 1.79. The van der Waals surface area contributed by atoms with Gasteiger partial charge in [-0.25, -0.2) is 0 Å². The van der Waals surface area contributed by atoms with Gasteiger partial charge in [0.05, 0.1) is 6.61 Å². The molecular weight excluding hydrogens is 246 g/mol. The number of benzene rings is 1. The minimum Gasteiger partial charge on any atom is -0.396 e. The lowest BCUT2D eigenvalue weighted by molar-refractivity contribution is 0.0720. The Morgan fingerprint density at radius 2 is 1.90 bits per heavy atom. The second-order valence-electron chi connectivity index (χ2n) is 7.15. The Bertz CT molecular complexity index is 462. The molecule has 1 aromatic carbocycles. The van der Waals surface area contributed by atoms with Crippen LogP contribution >= 0.6 is 0 Å². The molecule has 2 aliphatic rings. The fourth-order valence-corrected chi connectivity index (χ4v) is 3.97. The summed E-state index contributed by atoms with van der Waals surface area (Å²) in [5, 5.41) is 10.00. The van der Waals surface area contributed by atoms with Gasteiger partial charge in [-0.2, -0.15) is 0 Å². The molecule has 1 aromatic rings. The largest absolute Gasteiger partial charge is 0.396 e. The number of rotatable bonds is 3. The van der Waals surface area contributed by atoms with Gasteiger partial charge in [0, 0.05) is 23.7 Å². The van der Waals surface area contributed by atoms with E-state index in [1.165, 1.54) is 36.9 Å². The number of aliphatic hydroxyl groups is 1. The van der Waals surface area contributed by atoms with Crippen LogP contribution in [0.2, 0.25) is 0 Å². The van der Waals surface area contributed by atoms with Crippen molar-refractivity contribution in [1.29, 1.82) is 0 Å². The summed E-state index contributed by atoms with van der Waals surface area (Å²) in [6.45, 7) is 6.02. The highest BCUT2D eigenvalue weighted by Gasteiger charge is 2.38. The lowest BCUT2D eigenvalue weighted by Crippen LogP contribution is -2.44. The van der Waals surface area contributed by atoms with Crippen molar-refractivity contribution in [2.45, 2.75) is 52.0 Å². The molecule has 3 rings (SSSR count). The van der Waals surface area contributed by atoms with E-state index >= 15 is 0 Å². The van der Waals surface area contributed by atoms with E-state index in [4.69, 9.17) is 0 Å². The average molecular weight is 273 g/mol. The molecule has 0 spiro atoms. The summed E-state index contributed by atoms with van der Waals surface area (Å²) < 4.78 is 0. The molecular formula is C18H27NO. The van der Waals surface area contributed by atoms with Gasteiger partial charge >= 0.3 is 0 Å². The molecule has 0 bridgehead atoms. The van der Waals surface area contributed by atoms with Gasteiger partial charge in [0.2, 0.25) is 0 Å². The Morgan fingerprint density at radius 3 is 2.60 bits per heavy atom. The van der Waals surface area contributed by atoms with Crippen molar-refractivity contribution < 1.29 is 5.11 Å². The van der Waals surface area contributed by atoms with E-state index in [2.05, 4.69) is 43.0 Å². The zero-order chi connectivity index (χ0) is 14.2. The molecule has 0 saturated heterocycles. The van der Waals surface area contributed by atoms with Crippen LogP contribution < -0.4 is 4.90 Å². The van der Waals surface area contributed by atoms with E-state index in [0.717, 1.165) is 18.9 Å². The highest BCUT2D eigenvalue weighted by atomic mass is 16.3. The summed E-state index contributed by atoms with van der Waals surface area (Å²) in [4.78, 5) is 2.54. The third-order valence-electron chi connectivity index (χ3n) is 5.52. The highest BCUT2D eigenvalue weighted by molar-refractivity contribution is 5.59. The predicted molar refractivity (Wildman–Crippen MR) is 84.1 cm³/mol. The van der Waals surface area contributed by atoms with Gasteiger partial charge in [-0.1, -0.05) is 38.0 Å². The van der Waals surface area contributed by atoms with Crippen molar-refractivity contribution in [1.82, 2.24) is 0 Å². The zero-order valence-corrected chi connectivity index (χ0v) is 12.8. The van der Waals surface area contributed by atoms with E-state index in [1.54, 1.807) is 0 Å². The van der Waals surface area contributed by atoms with Gasteiger partial charge in [-0.3, -0.25) is 0 Å². The van der Waals surface area contributed by atoms with E-state index in [9.17, 15) is 5.11 Å². The molecule has 1 heterocycles. The maximum atomic E-state index is 10.00. The lowest BCUT2D eigenvalue weighted by atomic mass is 9.71. The van der Waals surface area contributed by atoms with Crippen LogP contribution in [-0.2, 0) is 6.42 Å². The normalized spacial score (nSPS) is 33.2. The second-order valence-corrected chi connectivity index (χ2v) is 7.15. The molecule has 1 aliphatic heterocycles. The standard InChI is InChI=1S/C18H27NO/c1-14-7-9-18(13-20,10-8-14)12-19-15(2)11-16-5-3-4-6-17(16)19/h3-6,14-15,20H,7-13H2,1-2H3. The summed E-state index contributed by atoms with van der Waals surface area (Å²) >= 11 is 0. The van der Waals surface area contributed by atoms with Crippen LogP contribution in [0.3, 0.4) is 0 Å². The van der Waals surface area contributed by atoms with Gasteiger partial charge < -0.3 is 10.0 Å². The van der Waals surface area contributed by atoms with Crippen molar-refractivity contribution in [2.75, 3.05) is 18.1 Å². The molecule has 20 heavy (non-hydrogen) atoms. The van der Waals surface area contributed by atoms with Gasteiger partial charge in [-0.05, 0) is 43.7 Å². The number of fused-ring (bicyclic) bond motifs is 1. The molecule has 1 atom stereocenters. The SMILES string of the molecule is CC1CCC(CO)(CN2c3ccccc3CC2C)CC1. The predicted octanol–water partition coefficient (Wildman–Crippen LogP) is 3.63. The van der Waals surface area contributed by atoms with Crippen LogP contribution in [0.4, 0.5) is 5.69 Å². The maximum absolute atomic E-state index is 10.00. The van der Waals surface area contributed by atoms with Crippen LogP contribution in [-0.4, -0.2) is 24.3 Å². The van der Waals surface area contributed by atoms with Crippen molar-refractivity contribution >= 4 is 5.69 Å². The van der Waals surface area contributed by atoms with Crippen LogP contribution in [0.5, 0.6) is 0 Å². The lowest BCUT2D eigenvalue weighted by Gasteiger charge is -2.42. The molecule has 1 unspecified atom stereocenters. The number of hydrogen-bond acceptors (Lipinski definition) is 2. The van der Waals surface area contributed by atoms with Crippen LogP contribution in [0.15, 0.2) is 24.3 Å².